The highest BCUT2D eigenvalue weighted by Gasteiger charge is 2.04. The van der Waals surface area contributed by atoms with Gasteiger partial charge in [0.25, 0.3) is 0 Å². The lowest BCUT2D eigenvalue weighted by Gasteiger charge is -2.00. The van der Waals surface area contributed by atoms with Crippen molar-refractivity contribution >= 4 is 16.7 Å². The van der Waals surface area contributed by atoms with Crippen LogP contribution in [0.25, 0.3) is 10.9 Å². The minimum Gasteiger partial charge on any atom is -0.294 e. The summed E-state index contributed by atoms with van der Waals surface area (Å²) in [4.78, 5) is 15.3. The number of nitrogens with zero attached hydrogens (tertiary/aromatic N) is 1. The summed E-state index contributed by atoms with van der Waals surface area (Å²) in [5.74, 6) is 0.0620. The SMILES string of the molecule is CC(=O)c1cc[c]c2ncccc12. The molecule has 1 aromatic heterocycles. The molecule has 1 heterocycles. The van der Waals surface area contributed by atoms with Gasteiger partial charge >= 0.3 is 0 Å². The summed E-state index contributed by atoms with van der Waals surface area (Å²) in [5, 5.41) is 0.873. The fourth-order valence-corrected chi connectivity index (χ4v) is 1.34. The van der Waals surface area contributed by atoms with Crippen molar-refractivity contribution in [1.29, 1.82) is 0 Å². The first-order valence-electron chi connectivity index (χ1n) is 4.05. The largest absolute Gasteiger partial charge is 0.294 e. The number of hydrogen-bond donors (Lipinski definition) is 0. The number of carbonyl (C=O) groups is 1. The van der Waals surface area contributed by atoms with E-state index in [1.807, 2.05) is 12.1 Å². The molecular formula is C11H8NO. The quantitative estimate of drug-likeness (QED) is 0.614. The highest BCUT2D eigenvalue weighted by molar-refractivity contribution is 6.05. The Hall–Kier alpha value is -1.70. The van der Waals surface area contributed by atoms with Gasteiger partial charge in [-0.1, -0.05) is 18.2 Å². The molecule has 1 aromatic carbocycles. The second-order valence-electron chi connectivity index (χ2n) is 2.85. The minimum absolute atomic E-state index is 0.0620. The first kappa shape index (κ1) is 7.92. The average Bonchev–Trinajstić information content (AvgIpc) is 2.17. The highest BCUT2D eigenvalue weighted by atomic mass is 16.1. The van der Waals surface area contributed by atoms with E-state index in [2.05, 4.69) is 11.1 Å². The van der Waals surface area contributed by atoms with Crippen molar-refractivity contribution in [2.75, 3.05) is 0 Å². The first-order valence-corrected chi connectivity index (χ1v) is 4.05. The maximum absolute atomic E-state index is 11.2. The maximum Gasteiger partial charge on any atom is 0.160 e. The summed E-state index contributed by atoms with van der Waals surface area (Å²) >= 11 is 0. The molecule has 0 bridgehead atoms. The Kier molecular flexibility index (Phi) is 1.81. The van der Waals surface area contributed by atoms with Crippen LogP contribution in [0.1, 0.15) is 17.3 Å². The third-order valence-electron chi connectivity index (χ3n) is 1.95. The zero-order valence-electron chi connectivity index (χ0n) is 7.24. The topological polar surface area (TPSA) is 30.0 Å². The van der Waals surface area contributed by atoms with E-state index in [1.54, 1.807) is 25.3 Å². The molecule has 0 aliphatic heterocycles. The molecule has 0 unspecified atom stereocenters. The van der Waals surface area contributed by atoms with Crippen LogP contribution in [0.5, 0.6) is 0 Å². The van der Waals surface area contributed by atoms with Crippen molar-refractivity contribution in [3.63, 3.8) is 0 Å². The van der Waals surface area contributed by atoms with Crippen molar-refractivity contribution in [2.24, 2.45) is 0 Å². The number of pyridine rings is 1. The Morgan fingerprint density at radius 1 is 1.46 bits per heavy atom. The monoisotopic (exact) mass is 170 g/mol. The number of benzene rings is 1. The molecule has 0 saturated carbocycles. The van der Waals surface area contributed by atoms with E-state index in [4.69, 9.17) is 0 Å². The zero-order valence-corrected chi connectivity index (χ0v) is 7.24. The van der Waals surface area contributed by atoms with Gasteiger partial charge in [-0.15, -0.1) is 0 Å². The number of carbonyl (C=O) groups excluding carboxylic acids is 1. The van der Waals surface area contributed by atoms with Crippen molar-refractivity contribution in [2.45, 2.75) is 6.92 Å². The molecule has 2 heteroatoms. The lowest BCUT2D eigenvalue weighted by atomic mass is 10.1. The number of rotatable bonds is 1. The van der Waals surface area contributed by atoms with E-state index >= 15 is 0 Å². The summed E-state index contributed by atoms with van der Waals surface area (Å²) in [7, 11) is 0. The van der Waals surface area contributed by atoms with Crippen LogP contribution < -0.4 is 0 Å². The second kappa shape index (κ2) is 2.98. The highest BCUT2D eigenvalue weighted by Crippen LogP contribution is 2.15. The summed E-state index contributed by atoms with van der Waals surface area (Å²) in [6, 6.07) is 10.2. The zero-order chi connectivity index (χ0) is 9.26. The predicted octanol–water partition coefficient (Wildman–Crippen LogP) is 2.24. The number of aromatic nitrogens is 1. The molecule has 0 amide bonds. The lowest BCUT2D eigenvalue weighted by molar-refractivity contribution is 0.101. The molecule has 0 N–H and O–H groups in total. The molecule has 0 aliphatic rings. The summed E-state index contributed by atoms with van der Waals surface area (Å²) in [6.07, 6.45) is 1.70. The van der Waals surface area contributed by atoms with Gasteiger partial charge in [-0.3, -0.25) is 9.78 Å². The molecule has 0 spiro atoms. The van der Waals surface area contributed by atoms with Gasteiger partial charge in [0.2, 0.25) is 0 Å². The van der Waals surface area contributed by atoms with E-state index in [9.17, 15) is 4.79 Å². The Morgan fingerprint density at radius 3 is 3.08 bits per heavy atom. The van der Waals surface area contributed by atoms with Gasteiger partial charge in [-0.25, -0.2) is 0 Å². The Morgan fingerprint density at radius 2 is 2.31 bits per heavy atom. The summed E-state index contributed by atoms with van der Waals surface area (Å²) < 4.78 is 0. The lowest BCUT2D eigenvalue weighted by Crippen LogP contribution is -1.93. The molecule has 2 nitrogen and oxygen atoms in total. The fourth-order valence-electron chi connectivity index (χ4n) is 1.34. The number of hydrogen-bond acceptors (Lipinski definition) is 2. The van der Waals surface area contributed by atoms with Crippen molar-refractivity contribution in [1.82, 2.24) is 4.98 Å². The number of fused-ring (bicyclic) bond motifs is 1. The first-order chi connectivity index (χ1) is 6.29. The minimum atomic E-state index is 0.0620. The van der Waals surface area contributed by atoms with Crippen LogP contribution >= 0.6 is 0 Å². The molecular weight excluding hydrogens is 162 g/mol. The van der Waals surface area contributed by atoms with Gasteiger partial charge in [-0.2, -0.15) is 0 Å². The smallest absolute Gasteiger partial charge is 0.160 e. The van der Waals surface area contributed by atoms with E-state index in [0.29, 0.717) is 5.56 Å². The van der Waals surface area contributed by atoms with E-state index in [1.165, 1.54) is 0 Å². The van der Waals surface area contributed by atoms with Crippen molar-refractivity contribution in [3.05, 3.63) is 42.1 Å². The Bertz CT molecular complexity index is 457. The second-order valence-corrected chi connectivity index (χ2v) is 2.85. The third-order valence-corrected chi connectivity index (χ3v) is 1.95. The maximum atomic E-state index is 11.2. The van der Waals surface area contributed by atoms with Crippen molar-refractivity contribution in [3.8, 4) is 0 Å². The predicted molar refractivity (Wildman–Crippen MR) is 50.6 cm³/mol. The van der Waals surface area contributed by atoms with Gasteiger partial charge in [0.1, 0.15) is 0 Å². The fraction of sp³-hybridized carbons (Fsp3) is 0.0909. The number of ketones is 1. The molecule has 13 heavy (non-hydrogen) atoms. The van der Waals surface area contributed by atoms with Gasteiger partial charge in [0.15, 0.2) is 5.78 Å². The molecule has 63 valence electrons. The van der Waals surface area contributed by atoms with E-state index in [-0.39, 0.29) is 5.78 Å². The average molecular weight is 170 g/mol. The number of Topliss-reactive ketones (excluding diaryl/α,β-unsaturated/α-hetero) is 1. The summed E-state index contributed by atoms with van der Waals surface area (Å²) in [6.45, 7) is 1.56. The van der Waals surface area contributed by atoms with Crippen LogP contribution in [0, 0.1) is 6.07 Å². The standard InChI is InChI=1S/C11H8NO/c1-8(13)9-4-2-6-11-10(9)5-3-7-12-11/h2-5,7H,1H3. The van der Waals surface area contributed by atoms with E-state index < -0.39 is 0 Å². The molecule has 0 saturated heterocycles. The van der Waals surface area contributed by atoms with Crippen LogP contribution in [0.2, 0.25) is 0 Å². The van der Waals surface area contributed by atoms with E-state index in [0.717, 1.165) is 10.9 Å². The van der Waals surface area contributed by atoms with Crippen molar-refractivity contribution < 1.29 is 4.79 Å². The van der Waals surface area contributed by atoms with Crippen LogP contribution in [-0.2, 0) is 0 Å². The Balaban J connectivity index is 2.83. The molecule has 1 radical (unpaired) electrons. The van der Waals surface area contributed by atoms with Gasteiger partial charge in [-0.05, 0) is 13.0 Å². The van der Waals surface area contributed by atoms with Gasteiger partial charge in [0.05, 0.1) is 5.52 Å². The van der Waals surface area contributed by atoms with Gasteiger partial charge in [0, 0.05) is 23.2 Å². The normalized spacial score (nSPS) is 10.2. The third kappa shape index (κ3) is 1.31. The van der Waals surface area contributed by atoms with Gasteiger partial charge < -0.3 is 0 Å². The van der Waals surface area contributed by atoms with Crippen LogP contribution in [0.4, 0.5) is 0 Å². The molecule has 2 rings (SSSR count). The Labute approximate surface area is 76.2 Å². The van der Waals surface area contributed by atoms with Crippen LogP contribution in [0.3, 0.4) is 0 Å². The van der Waals surface area contributed by atoms with Crippen LogP contribution in [0.15, 0.2) is 30.5 Å². The molecule has 0 atom stereocenters. The molecule has 0 aliphatic carbocycles. The molecule has 2 aromatic rings. The summed E-state index contributed by atoms with van der Waals surface area (Å²) in [5.41, 5.74) is 1.46. The molecule has 0 fully saturated rings. The van der Waals surface area contributed by atoms with Crippen LogP contribution in [-0.4, -0.2) is 10.8 Å².